The molecule has 0 saturated carbocycles. The van der Waals surface area contributed by atoms with Gasteiger partial charge in [0.15, 0.2) is 6.04 Å². The van der Waals surface area contributed by atoms with Crippen LogP contribution in [0.5, 0.6) is 0 Å². The van der Waals surface area contributed by atoms with Crippen molar-refractivity contribution in [1.82, 2.24) is 4.90 Å². The molecule has 19 heavy (non-hydrogen) atoms. The van der Waals surface area contributed by atoms with Gasteiger partial charge in [0.25, 0.3) is 5.91 Å². The van der Waals surface area contributed by atoms with Crippen LogP contribution in [0.25, 0.3) is 0 Å². The lowest BCUT2D eigenvalue weighted by Gasteiger charge is -2.32. The molecular formula is C13H17NO5. The quantitative estimate of drug-likeness (QED) is 0.885. The Morgan fingerprint density at radius 3 is 3.00 bits per heavy atom. The summed E-state index contributed by atoms with van der Waals surface area (Å²) in [7, 11) is 0. The number of hydrogen-bond donors (Lipinski definition) is 1. The zero-order valence-electron chi connectivity index (χ0n) is 10.8. The third-order valence-electron chi connectivity index (χ3n) is 3.13. The summed E-state index contributed by atoms with van der Waals surface area (Å²) in [4.78, 5) is 24.9. The average molecular weight is 267 g/mol. The van der Waals surface area contributed by atoms with E-state index in [9.17, 15) is 9.59 Å². The number of furan rings is 1. The van der Waals surface area contributed by atoms with Crippen molar-refractivity contribution in [3.05, 3.63) is 23.7 Å². The molecule has 2 rings (SSSR count). The summed E-state index contributed by atoms with van der Waals surface area (Å²) in [5.41, 5.74) is 0.454. The van der Waals surface area contributed by atoms with E-state index in [1.807, 2.05) is 6.92 Å². The van der Waals surface area contributed by atoms with Crippen LogP contribution in [0.15, 0.2) is 16.7 Å². The Kier molecular flexibility index (Phi) is 4.21. The number of amides is 1. The number of carboxylic acid groups (broad SMARTS) is 1. The van der Waals surface area contributed by atoms with Gasteiger partial charge in [0.1, 0.15) is 5.76 Å². The smallest absolute Gasteiger partial charge is 0.328 e. The molecule has 1 aliphatic heterocycles. The molecule has 1 aromatic heterocycles. The second kappa shape index (κ2) is 5.88. The minimum atomic E-state index is -1.05. The minimum Gasteiger partial charge on any atom is -0.480 e. The maximum Gasteiger partial charge on any atom is 0.328 e. The molecule has 2 heterocycles. The van der Waals surface area contributed by atoms with Crippen LogP contribution < -0.4 is 0 Å². The van der Waals surface area contributed by atoms with Gasteiger partial charge in [-0.1, -0.05) is 6.92 Å². The first-order valence-electron chi connectivity index (χ1n) is 6.33. The number of ether oxygens (including phenoxy) is 1. The van der Waals surface area contributed by atoms with Gasteiger partial charge in [0.2, 0.25) is 0 Å². The van der Waals surface area contributed by atoms with Crippen LogP contribution in [0, 0.1) is 0 Å². The number of morpholine rings is 1. The molecule has 1 fully saturated rings. The zero-order chi connectivity index (χ0) is 13.8. The van der Waals surface area contributed by atoms with Gasteiger partial charge in [0.05, 0.1) is 25.0 Å². The maximum atomic E-state index is 12.4. The van der Waals surface area contributed by atoms with Gasteiger partial charge in [-0.2, -0.15) is 0 Å². The van der Waals surface area contributed by atoms with E-state index in [1.54, 1.807) is 6.07 Å². The van der Waals surface area contributed by atoms with Crippen LogP contribution in [0.2, 0.25) is 0 Å². The van der Waals surface area contributed by atoms with Gasteiger partial charge < -0.3 is 19.2 Å². The van der Waals surface area contributed by atoms with Gasteiger partial charge in [-0.25, -0.2) is 4.79 Å². The normalized spacial score (nSPS) is 19.4. The third kappa shape index (κ3) is 2.78. The van der Waals surface area contributed by atoms with E-state index in [1.165, 1.54) is 11.2 Å². The molecule has 0 aliphatic carbocycles. The molecular weight excluding hydrogens is 250 g/mol. The molecule has 0 radical (unpaired) electrons. The van der Waals surface area contributed by atoms with Crippen molar-refractivity contribution in [3.63, 3.8) is 0 Å². The number of nitrogens with zero attached hydrogens (tertiary/aromatic N) is 1. The lowest BCUT2D eigenvalue weighted by atomic mass is 10.1. The zero-order valence-corrected chi connectivity index (χ0v) is 10.8. The molecule has 1 unspecified atom stereocenters. The number of rotatable bonds is 4. The Balaban J connectivity index is 2.21. The van der Waals surface area contributed by atoms with Gasteiger partial charge in [-0.05, 0) is 12.5 Å². The Morgan fingerprint density at radius 1 is 1.53 bits per heavy atom. The number of hydrogen-bond acceptors (Lipinski definition) is 4. The van der Waals surface area contributed by atoms with Crippen LogP contribution in [0.1, 0.15) is 29.5 Å². The first-order valence-corrected chi connectivity index (χ1v) is 6.33. The molecule has 1 aromatic rings. The van der Waals surface area contributed by atoms with Crippen molar-refractivity contribution in [3.8, 4) is 0 Å². The summed E-state index contributed by atoms with van der Waals surface area (Å²) >= 11 is 0. The van der Waals surface area contributed by atoms with Crippen molar-refractivity contribution in [2.75, 3.05) is 19.8 Å². The molecule has 1 saturated heterocycles. The number of aliphatic carboxylic acids is 1. The molecule has 0 spiro atoms. The van der Waals surface area contributed by atoms with Crippen molar-refractivity contribution in [1.29, 1.82) is 0 Å². The first kappa shape index (κ1) is 13.6. The molecule has 104 valence electrons. The summed E-state index contributed by atoms with van der Waals surface area (Å²) in [5, 5.41) is 9.13. The molecule has 6 nitrogen and oxygen atoms in total. The second-order valence-corrected chi connectivity index (χ2v) is 4.43. The fraction of sp³-hybridized carbons (Fsp3) is 0.538. The summed E-state index contributed by atoms with van der Waals surface area (Å²) in [6.07, 6.45) is 2.99. The van der Waals surface area contributed by atoms with Crippen LogP contribution in [0.3, 0.4) is 0 Å². The number of aryl methyl sites for hydroxylation is 1. The largest absolute Gasteiger partial charge is 0.480 e. The van der Waals surface area contributed by atoms with E-state index in [2.05, 4.69) is 0 Å². The van der Waals surface area contributed by atoms with Gasteiger partial charge in [-0.15, -0.1) is 0 Å². The summed E-state index contributed by atoms with van der Waals surface area (Å²) in [5.74, 6) is -0.732. The molecule has 0 aromatic carbocycles. The van der Waals surface area contributed by atoms with Crippen LogP contribution in [0.4, 0.5) is 0 Å². The second-order valence-electron chi connectivity index (χ2n) is 4.43. The fourth-order valence-electron chi connectivity index (χ4n) is 2.16. The highest BCUT2D eigenvalue weighted by atomic mass is 16.5. The van der Waals surface area contributed by atoms with E-state index in [-0.39, 0.29) is 19.1 Å². The van der Waals surface area contributed by atoms with E-state index in [0.29, 0.717) is 24.4 Å². The molecule has 1 amide bonds. The molecule has 1 atom stereocenters. The predicted molar refractivity (Wildman–Crippen MR) is 66.0 cm³/mol. The van der Waals surface area contributed by atoms with E-state index < -0.39 is 12.0 Å². The van der Waals surface area contributed by atoms with Crippen molar-refractivity contribution >= 4 is 11.9 Å². The van der Waals surface area contributed by atoms with Gasteiger partial charge in [-0.3, -0.25) is 4.79 Å². The van der Waals surface area contributed by atoms with Crippen LogP contribution in [-0.2, 0) is 16.0 Å². The highest BCUT2D eigenvalue weighted by molar-refractivity contribution is 5.97. The van der Waals surface area contributed by atoms with Crippen molar-refractivity contribution in [2.45, 2.75) is 25.8 Å². The van der Waals surface area contributed by atoms with E-state index >= 15 is 0 Å². The summed E-state index contributed by atoms with van der Waals surface area (Å²) in [6, 6.07) is 0.674. The lowest BCUT2D eigenvalue weighted by Crippen LogP contribution is -2.52. The topological polar surface area (TPSA) is 80.0 Å². The predicted octanol–water partition coefficient (Wildman–Crippen LogP) is 1.16. The van der Waals surface area contributed by atoms with Gasteiger partial charge >= 0.3 is 5.97 Å². The molecule has 1 aliphatic rings. The Hall–Kier alpha value is -1.82. The highest BCUT2D eigenvalue weighted by Gasteiger charge is 2.34. The van der Waals surface area contributed by atoms with Gasteiger partial charge in [0, 0.05) is 13.0 Å². The molecule has 6 heteroatoms. The molecule has 0 bridgehead atoms. The third-order valence-corrected chi connectivity index (χ3v) is 3.13. The average Bonchev–Trinajstić information content (AvgIpc) is 2.86. The summed E-state index contributed by atoms with van der Waals surface area (Å²) < 4.78 is 10.4. The monoisotopic (exact) mass is 267 g/mol. The highest BCUT2D eigenvalue weighted by Crippen LogP contribution is 2.18. The van der Waals surface area contributed by atoms with Crippen LogP contribution in [-0.4, -0.2) is 47.7 Å². The summed E-state index contributed by atoms with van der Waals surface area (Å²) in [6.45, 7) is 2.66. The molecule has 1 N–H and O–H groups in total. The first-order chi connectivity index (χ1) is 9.15. The Bertz CT molecular complexity index is 467. The van der Waals surface area contributed by atoms with Crippen LogP contribution >= 0.6 is 0 Å². The van der Waals surface area contributed by atoms with E-state index in [0.717, 1.165) is 6.42 Å². The Labute approximate surface area is 110 Å². The number of carbonyl (C=O) groups excluding carboxylic acids is 1. The lowest BCUT2D eigenvalue weighted by molar-refractivity contribution is -0.147. The standard InChI is InChI=1S/C13H17NO5/c1-2-3-11-9(4-6-19-11)12(15)14-5-7-18-8-10(14)13(16)17/h4,6,10H,2-3,5,7-8H2,1H3,(H,16,17). The fourth-order valence-corrected chi connectivity index (χ4v) is 2.16. The van der Waals surface area contributed by atoms with Crippen molar-refractivity contribution in [2.24, 2.45) is 0 Å². The minimum absolute atomic E-state index is 0.0298. The van der Waals surface area contributed by atoms with E-state index in [4.69, 9.17) is 14.3 Å². The number of carboxylic acids is 1. The SMILES string of the molecule is CCCc1occc1C(=O)N1CCOCC1C(=O)O. The number of carbonyl (C=O) groups is 2. The Morgan fingerprint density at radius 2 is 2.32 bits per heavy atom. The van der Waals surface area contributed by atoms with Crippen molar-refractivity contribution < 1.29 is 23.8 Å². The maximum absolute atomic E-state index is 12.4.